The summed E-state index contributed by atoms with van der Waals surface area (Å²) in [5.41, 5.74) is 0.435. The van der Waals surface area contributed by atoms with Gasteiger partial charge in [-0.2, -0.15) is 0 Å². The minimum absolute atomic E-state index is 0.237. The predicted molar refractivity (Wildman–Crippen MR) is 46.6 cm³/mol. The van der Waals surface area contributed by atoms with E-state index in [0.29, 0.717) is 15.8 Å². The topological polar surface area (TPSA) is 29.5 Å². The van der Waals surface area contributed by atoms with Gasteiger partial charge in [0.1, 0.15) is 11.6 Å². The Morgan fingerprint density at radius 2 is 2.25 bits per heavy atom. The molecular formula is C8H8BrFO2. The lowest BCUT2D eigenvalue weighted by atomic mass is 10.2. The molecule has 4 heteroatoms. The number of aliphatic hydroxyl groups is 1. The van der Waals surface area contributed by atoms with E-state index in [1.807, 2.05) is 0 Å². The number of hydrogen-bond acceptors (Lipinski definition) is 2. The highest BCUT2D eigenvalue weighted by Gasteiger charge is 2.08. The highest BCUT2D eigenvalue weighted by atomic mass is 79.9. The van der Waals surface area contributed by atoms with Crippen molar-refractivity contribution < 1.29 is 14.2 Å². The zero-order chi connectivity index (χ0) is 9.14. The van der Waals surface area contributed by atoms with Gasteiger partial charge in [0.15, 0.2) is 0 Å². The lowest BCUT2D eigenvalue weighted by molar-refractivity contribution is 0.272. The van der Waals surface area contributed by atoms with Gasteiger partial charge in [0.25, 0.3) is 0 Å². The first-order chi connectivity index (χ1) is 5.69. The van der Waals surface area contributed by atoms with Gasteiger partial charge in [-0.3, -0.25) is 0 Å². The van der Waals surface area contributed by atoms with Crippen LogP contribution in [0, 0.1) is 5.82 Å². The number of hydrogen-bond donors (Lipinski definition) is 1. The van der Waals surface area contributed by atoms with Gasteiger partial charge in [-0.25, -0.2) is 4.39 Å². The molecule has 0 bridgehead atoms. The maximum Gasteiger partial charge on any atom is 0.138 e. The first-order valence-electron chi connectivity index (χ1n) is 3.31. The van der Waals surface area contributed by atoms with Gasteiger partial charge in [-0.15, -0.1) is 0 Å². The summed E-state index contributed by atoms with van der Waals surface area (Å²) in [5.74, 6) is 0.0747. The molecule has 0 saturated heterocycles. The second-order valence-electron chi connectivity index (χ2n) is 2.24. The fourth-order valence-corrected chi connectivity index (χ4v) is 1.59. The van der Waals surface area contributed by atoms with E-state index in [-0.39, 0.29) is 6.61 Å². The first-order valence-corrected chi connectivity index (χ1v) is 4.11. The van der Waals surface area contributed by atoms with E-state index in [4.69, 9.17) is 9.84 Å². The molecule has 0 saturated carbocycles. The molecule has 0 atom stereocenters. The molecule has 0 spiro atoms. The number of benzene rings is 1. The van der Waals surface area contributed by atoms with Crippen molar-refractivity contribution >= 4 is 15.9 Å². The molecule has 2 nitrogen and oxygen atoms in total. The molecule has 0 unspecified atom stereocenters. The van der Waals surface area contributed by atoms with Crippen molar-refractivity contribution in [2.45, 2.75) is 6.61 Å². The molecule has 0 fully saturated rings. The van der Waals surface area contributed by atoms with Crippen molar-refractivity contribution in [2.24, 2.45) is 0 Å². The van der Waals surface area contributed by atoms with Crippen molar-refractivity contribution in [1.82, 2.24) is 0 Å². The highest BCUT2D eigenvalue weighted by Crippen LogP contribution is 2.29. The third-order valence-electron chi connectivity index (χ3n) is 1.46. The maximum atomic E-state index is 12.7. The SMILES string of the molecule is COc1c(Br)cc(F)cc1CO. The van der Waals surface area contributed by atoms with Gasteiger partial charge >= 0.3 is 0 Å². The van der Waals surface area contributed by atoms with Gasteiger partial charge < -0.3 is 9.84 Å². The van der Waals surface area contributed by atoms with Crippen LogP contribution in [0.1, 0.15) is 5.56 Å². The molecular weight excluding hydrogens is 227 g/mol. The number of ether oxygens (including phenoxy) is 1. The van der Waals surface area contributed by atoms with E-state index in [1.165, 1.54) is 19.2 Å². The summed E-state index contributed by atoms with van der Waals surface area (Å²) < 4.78 is 18.2. The molecule has 1 N–H and O–H groups in total. The summed E-state index contributed by atoms with van der Waals surface area (Å²) >= 11 is 3.12. The van der Waals surface area contributed by atoms with E-state index < -0.39 is 5.82 Å². The normalized spacial score (nSPS) is 10.0. The van der Waals surface area contributed by atoms with Crippen LogP contribution < -0.4 is 4.74 Å². The maximum absolute atomic E-state index is 12.7. The largest absolute Gasteiger partial charge is 0.495 e. The van der Waals surface area contributed by atoms with Crippen molar-refractivity contribution in [3.8, 4) is 5.75 Å². The van der Waals surface area contributed by atoms with Gasteiger partial charge in [0.05, 0.1) is 18.2 Å². The van der Waals surface area contributed by atoms with E-state index in [2.05, 4.69) is 15.9 Å². The Labute approximate surface area is 78.1 Å². The minimum atomic E-state index is -0.397. The zero-order valence-corrected chi connectivity index (χ0v) is 8.06. The lowest BCUT2D eigenvalue weighted by Gasteiger charge is -2.07. The molecule has 0 radical (unpaired) electrons. The predicted octanol–water partition coefficient (Wildman–Crippen LogP) is 2.09. The minimum Gasteiger partial charge on any atom is -0.495 e. The van der Waals surface area contributed by atoms with Crippen LogP contribution in [0.3, 0.4) is 0 Å². The summed E-state index contributed by atoms with van der Waals surface area (Å²) in [6.45, 7) is -0.237. The number of methoxy groups -OCH3 is 1. The van der Waals surface area contributed by atoms with Gasteiger partial charge in [0, 0.05) is 5.56 Å². The summed E-state index contributed by atoms with van der Waals surface area (Å²) in [4.78, 5) is 0. The van der Waals surface area contributed by atoms with Crippen LogP contribution in [0.15, 0.2) is 16.6 Å². The molecule has 0 aliphatic carbocycles. The summed E-state index contributed by atoms with van der Waals surface area (Å²) in [6, 6.07) is 2.53. The quantitative estimate of drug-likeness (QED) is 0.850. The fourth-order valence-electron chi connectivity index (χ4n) is 0.960. The first kappa shape index (κ1) is 9.48. The Balaban J connectivity index is 3.24. The average molecular weight is 235 g/mol. The van der Waals surface area contributed by atoms with Gasteiger partial charge in [-0.1, -0.05) is 0 Å². The zero-order valence-electron chi connectivity index (χ0n) is 6.47. The average Bonchev–Trinajstić information content (AvgIpc) is 2.03. The third kappa shape index (κ3) is 1.76. The summed E-state index contributed by atoms with van der Waals surface area (Å²) in [5, 5.41) is 8.83. The smallest absolute Gasteiger partial charge is 0.138 e. The molecule has 1 aromatic carbocycles. The molecule has 66 valence electrons. The van der Waals surface area contributed by atoms with Gasteiger partial charge in [0.2, 0.25) is 0 Å². The van der Waals surface area contributed by atoms with Crippen molar-refractivity contribution in [3.05, 3.63) is 28.0 Å². The molecule has 1 aromatic rings. The third-order valence-corrected chi connectivity index (χ3v) is 2.05. The lowest BCUT2D eigenvalue weighted by Crippen LogP contribution is -1.94. The van der Waals surface area contributed by atoms with Crippen LogP contribution >= 0.6 is 15.9 Å². The molecule has 0 aliphatic heterocycles. The Hall–Kier alpha value is -0.610. The Morgan fingerprint density at radius 1 is 1.58 bits per heavy atom. The second-order valence-corrected chi connectivity index (χ2v) is 3.09. The molecule has 0 heterocycles. The van der Waals surface area contributed by atoms with E-state index in [0.717, 1.165) is 0 Å². The summed E-state index contributed by atoms with van der Waals surface area (Å²) in [7, 11) is 1.47. The Kier molecular flexibility index (Phi) is 3.05. The van der Waals surface area contributed by atoms with Crippen LogP contribution in [0.2, 0.25) is 0 Å². The Bertz CT molecular complexity index is 289. The monoisotopic (exact) mass is 234 g/mol. The van der Waals surface area contributed by atoms with Crippen LogP contribution in [0.25, 0.3) is 0 Å². The fraction of sp³-hybridized carbons (Fsp3) is 0.250. The highest BCUT2D eigenvalue weighted by molar-refractivity contribution is 9.10. The second kappa shape index (κ2) is 3.87. The van der Waals surface area contributed by atoms with Crippen LogP contribution in [-0.2, 0) is 6.61 Å². The van der Waals surface area contributed by atoms with Crippen LogP contribution in [-0.4, -0.2) is 12.2 Å². The number of rotatable bonds is 2. The Morgan fingerprint density at radius 3 is 2.75 bits per heavy atom. The molecule has 0 aliphatic rings. The van der Waals surface area contributed by atoms with Crippen LogP contribution in [0.5, 0.6) is 5.75 Å². The van der Waals surface area contributed by atoms with Crippen LogP contribution in [0.4, 0.5) is 4.39 Å². The molecule has 0 amide bonds. The number of halogens is 2. The molecule has 12 heavy (non-hydrogen) atoms. The van der Waals surface area contributed by atoms with Crippen molar-refractivity contribution in [2.75, 3.05) is 7.11 Å². The van der Waals surface area contributed by atoms with E-state index in [1.54, 1.807) is 0 Å². The van der Waals surface area contributed by atoms with Crippen molar-refractivity contribution in [1.29, 1.82) is 0 Å². The van der Waals surface area contributed by atoms with E-state index in [9.17, 15) is 4.39 Å². The number of aliphatic hydroxyl groups excluding tert-OH is 1. The summed E-state index contributed by atoms with van der Waals surface area (Å²) in [6.07, 6.45) is 0. The molecule has 0 aromatic heterocycles. The molecule has 1 rings (SSSR count). The van der Waals surface area contributed by atoms with Crippen molar-refractivity contribution in [3.63, 3.8) is 0 Å². The van der Waals surface area contributed by atoms with Gasteiger partial charge in [-0.05, 0) is 28.1 Å². The standard InChI is InChI=1S/C8H8BrFO2/c1-12-8-5(4-11)2-6(10)3-7(8)9/h2-3,11H,4H2,1H3. The van der Waals surface area contributed by atoms with E-state index >= 15 is 0 Å².